The lowest BCUT2D eigenvalue weighted by Gasteiger charge is -2.58. The number of allylic oxidation sites excluding steroid dienone is 1. The highest BCUT2D eigenvalue weighted by Gasteiger charge is 2.59. The Morgan fingerprint density at radius 2 is 1.91 bits per heavy atom. The van der Waals surface area contributed by atoms with E-state index in [4.69, 9.17) is 4.99 Å². The summed E-state index contributed by atoms with van der Waals surface area (Å²) in [5, 5.41) is 6.10. The fourth-order valence-corrected chi connectivity index (χ4v) is 8.27. The van der Waals surface area contributed by atoms with Crippen molar-refractivity contribution in [3.8, 4) is 0 Å². The second-order valence-corrected chi connectivity index (χ2v) is 11.7. The molecule has 5 heteroatoms. The van der Waals surface area contributed by atoms with E-state index in [1.807, 2.05) is 13.1 Å². The Balaban J connectivity index is 1.37. The lowest BCUT2D eigenvalue weighted by atomic mass is 9.46. The minimum absolute atomic E-state index is 0.115. The van der Waals surface area contributed by atoms with Gasteiger partial charge in [0.1, 0.15) is 0 Å². The first-order valence-corrected chi connectivity index (χ1v) is 13.5. The molecule has 6 atom stereocenters. The zero-order valence-electron chi connectivity index (χ0n) is 21.3. The number of fused-ring (bicyclic) bond motifs is 5. The van der Waals surface area contributed by atoms with Crippen LogP contribution >= 0.6 is 0 Å². The average Bonchev–Trinajstić information content (AvgIpc) is 3.14. The molecular weight excluding hydrogens is 410 g/mol. The maximum absolute atomic E-state index is 12.1. The SMILES string of the molecule is CNCCCNC(=O)CCN=C(C)[C@H]1CC[C@H]2[C@@H]3CCC4=CC(=O)CC[C@]4(C)[C@H]3CC[C@]12C. The van der Waals surface area contributed by atoms with Gasteiger partial charge in [-0.05, 0) is 107 Å². The molecule has 33 heavy (non-hydrogen) atoms. The second-order valence-electron chi connectivity index (χ2n) is 11.7. The summed E-state index contributed by atoms with van der Waals surface area (Å²) in [5.74, 6) is 3.33. The Bertz CT molecular complexity index is 818. The first-order valence-electron chi connectivity index (χ1n) is 13.5. The molecule has 0 unspecified atom stereocenters. The molecule has 4 aliphatic rings. The van der Waals surface area contributed by atoms with Crippen LogP contribution in [0.5, 0.6) is 0 Å². The van der Waals surface area contributed by atoms with E-state index in [0.717, 1.165) is 56.5 Å². The third-order valence-electron chi connectivity index (χ3n) is 10.1. The first-order chi connectivity index (χ1) is 15.8. The molecule has 4 rings (SSSR count). The van der Waals surface area contributed by atoms with Gasteiger partial charge in [-0.3, -0.25) is 14.6 Å². The summed E-state index contributed by atoms with van der Waals surface area (Å²) in [5.41, 5.74) is 3.32. The van der Waals surface area contributed by atoms with Gasteiger partial charge in [0, 0.05) is 37.6 Å². The van der Waals surface area contributed by atoms with Crippen molar-refractivity contribution >= 4 is 17.4 Å². The number of nitrogens with one attached hydrogen (secondary N) is 2. The zero-order valence-corrected chi connectivity index (χ0v) is 21.3. The summed E-state index contributed by atoms with van der Waals surface area (Å²) >= 11 is 0. The van der Waals surface area contributed by atoms with Crippen molar-refractivity contribution in [2.24, 2.45) is 39.5 Å². The molecule has 0 aliphatic heterocycles. The van der Waals surface area contributed by atoms with Gasteiger partial charge < -0.3 is 10.6 Å². The van der Waals surface area contributed by atoms with Crippen LogP contribution in [0.4, 0.5) is 0 Å². The number of hydrogen-bond acceptors (Lipinski definition) is 4. The Morgan fingerprint density at radius 1 is 1.09 bits per heavy atom. The minimum atomic E-state index is 0.115. The lowest BCUT2D eigenvalue weighted by molar-refractivity contribution is -0.121. The molecule has 5 nitrogen and oxygen atoms in total. The first kappa shape index (κ1) is 24.6. The van der Waals surface area contributed by atoms with Crippen LogP contribution in [0.25, 0.3) is 0 Å². The summed E-state index contributed by atoms with van der Waals surface area (Å²) in [6, 6.07) is 0. The molecule has 184 valence electrons. The molecule has 0 spiro atoms. The summed E-state index contributed by atoms with van der Waals surface area (Å²) in [6.45, 7) is 9.48. The van der Waals surface area contributed by atoms with Crippen LogP contribution < -0.4 is 10.6 Å². The topological polar surface area (TPSA) is 70.6 Å². The summed E-state index contributed by atoms with van der Waals surface area (Å²) in [6.07, 6.45) is 12.8. The maximum Gasteiger partial charge on any atom is 0.221 e. The highest BCUT2D eigenvalue weighted by atomic mass is 16.1. The number of ketones is 1. The van der Waals surface area contributed by atoms with Gasteiger partial charge in [0.25, 0.3) is 0 Å². The summed E-state index contributed by atoms with van der Waals surface area (Å²) in [4.78, 5) is 29.1. The maximum atomic E-state index is 12.1. The van der Waals surface area contributed by atoms with Crippen LogP contribution in [0.15, 0.2) is 16.6 Å². The normalized spacial score (nSPS) is 38.2. The van der Waals surface area contributed by atoms with Gasteiger partial charge in [-0.15, -0.1) is 0 Å². The molecule has 0 aromatic heterocycles. The Labute approximate surface area is 200 Å². The second kappa shape index (κ2) is 10.0. The summed E-state index contributed by atoms with van der Waals surface area (Å²) in [7, 11) is 1.93. The molecule has 0 aromatic rings. The Hall–Kier alpha value is -1.49. The number of carbonyl (C=O) groups is 2. The van der Waals surface area contributed by atoms with Gasteiger partial charge in [0.2, 0.25) is 5.91 Å². The van der Waals surface area contributed by atoms with Crippen LogP contribution in [0.2, 0.25) is 0 Å². The van der Waals surface area contributed by atoms with E-state index in [2.05, 4.69) is 31.4 Å². The van der Waals surface area contributed by atoms with E-state index in [1.54, 1.807) is 0 Å². The van der Waals surface area contributed by atoms with Crippen molar-refractivity contribution in [2.45, 2.75) is 85.0 Å². The quantitative estimate of drug-likeness (QED) is 0.411. The number of rotatable bonds is 8. The molecular formula is C28H45N3O2. The van der Waals surface area contributed by atoms with Crippen LogP contribution in [0, 0.1) is 34.5 Å². The van der Waals surface area contributed by atoms with Crippen molar-refractivity contribution in [3.63, 3.8) is 0 Å². The van der Waals surface area contributed by atoms with Gasteiger partial charge in [-0.25, -0.2) is 0 Å². The van der Waals surface area contributed by atoms with Crippen molar-refractivity contribution in [1.82, 2.24) is 10.6 Å². The molecule has 0 saturated heterocycles. The molecule has 2 N–H and O–H groups in total. The number of nitrogens with zero attached hydrogens (tertiary/aromatic N) is 1. The number of hydrogen-bond donors (Lipinski definition) is 2. The van der Waals surface area contributed by atoms with Gasteiger partial charge in [0.15, 0.2) is 5.78 Å². The van der Waals surface area contributed by atoms with Gasteiger partial charge in [-0.2, -0.15) is 0 Å². The summed E-state index contributed by atoms with van der Waals surface area (Å²) < 4.78 is 0. The van der Waals surface area contributed by atoms with Crippen LogP contribution in [0.3, 0.4) is 0 Å². The largest absolute Gasteiger partial charge is 0.356 e. The van der Waals surface area contributed by atoms with Gasteiger partial charge in [0.05, 0.1) is 0 Å². The van der Waals surface area contributed by atoms with E-state index in [-0.39, 0.29) is 11.3 Å². The third kappa shape index (κ3) is 4.72. The minimum Gasteiger partial charge on any atom is -0.356 e. The van der Waals surface area contributed by atoms with E-state index in [1.165, 1.54) is 43.4 Å². The molecule has 0 bridgehead atoms. The molecule has 3 fully saturated rings. The third-order valence-corrected chi connectivity index (χ3v) is 10.1. The average molecular weight is 456 g/mol. The van der Waals surface area contributed by atoms with E-state index < -0.39 is 0 Å². The van der Waals surface area contributed by atoms with E-state index >= 15 is 0 Å². The van der Waals surface area contributed by atoms with Crippen LogP contribution in [0.1, 0.15) is 85.0 Å². The number of carbonyl (C=O) groups excluding carboxylic acids is 2. The molecule has 1 amide bonds. The van der Waals surface area contributed by atoms with Crippen molar-refractivity contribution < 1.29 is 9.59 Å². The highest BCUT2D eigenvalue weighted by molar-refractivity contribution is 5.91. The van der Waals surface area contributed by atoms with E-state index in [9.17, 15) is 9.59 Å². The van der Waals surface area contributed by atoms with Crippen molar-refractivity contribution in [1.29, 1.82) is 0 Å². The van der Waals surface area contributed by atoms with Crippen LogP contribution in [-0.4, -0.2) is 44.1 Å². The zero-order chi connectivity index (χ0) is 23.6. The predicted molar refractivity (Wildman–Crippen MR) is 134 cm³/mol. The molecule has 0 heterocycles. The predicted octanol–water partition coefficient (Wildman–Crippen LogP) is 4.71. The standard InChI is InChI=1S/C28H45N3O2/c1-19(30-17-12-26(33)31-16-5-15-29-4)23-8-9-24-22-7-6-20-18-21(32)10-13-27(20,2)25(22)11-14-28(23,24)3/h18,22-25,29H,5-17H2,1-4H3,(H,31,33)/t22-,23+,24-,25-,27-,28+/m0/s1. The van der Waals surface area contributed by atoms with Crippen molar-refractivity contribution in [3.05, 3.63) is 11.6 Å². The Morgan fingerprint density at radius 3 is 2.70 bits per heavy atom. The monoisotopic (exact) mass is 455 g/mol. The van der Waals surface area contributed by atoms with Gasteiger partial charge >= 0.3 is 0 Å². The number of aliphatic imine (C=N–C) groups is 1. The molecule has 3 saturated carbocycles. The fourth-order valence-electron chi connectivity index (χ4n) is 8.27. The van der Waals surface area contributed by atoms with Crippen molar-refractivity contribution in [2.75, 3.05) is 26.7 Å². The molecule has 0 aromatic carbocycles. The Kier molecular flexibility index (Phi) is 7.47. The van der Waals surface area contributed by atoms with Gasteiger partial charge in [-0.1, -0.05) is 19.4 Å². The highest BCUT2D eigenvalue weighted by Crippen LogP contribution is 2.66. The lowest BCUT2D eigenvalue weighted by Crippen LogP contribution is -2.51. The number of amides is 1. The smallest absolute Gasteiger partial charge is 0.221 e. The molecule has 4 aliphatic carbocycles. The fraction of sp³-hybridized carbons (Fsp3) is 0.821. The molecule has 0 radical (unpaired) electrons. The van der Waals surface area contributed by atoms with E-state index in [0.29, 0.717) is 30.1 Å². The van der Waals surface area contributed by atoms with Crippen LogP contribution in [-0.2, 0) is 9.59 Å².